The second-order valence-corrected chi connectivity index (χ2v) is 22.5. The van der Waals surface area contributed by atoms with E-state index in [9.17, 15) is 4.79 Å². The zero-order valence-corrected chi connectivity index (χ0v) is 25.2. The summed E-state index contributed by atoms with van der Waals surface area (Å²) in [5.41, 5.74) is 1.39. The molecule has 0 N–H and O–H groups in total. The molecular formula is C28H48O4Si2. The van der Waals surface area contributed by atoms with Crippen LogP contribution in [-0.2, 0) is 18.4 Å². The Balaban J connectivity index is 1.71. The van der Waals surface area contributed by atoms with Gasteiger partial charge in [0.05, 0.1) is 18.3 Å². The standard InChI is InChI=1S/C28H48O4Si2/c1-19-15-21-12-11-20(2)24(27(21)25(16-19)32-33(6,7)8)14-13-22-17-23(18-26(29)30-22)31-34(9,10)28(3,4)5/h11-12,15-16,19-20,22-24,27H,13-14,17-18H2,1-10H3/t19-,20-,22+,23+,24-,27-/m0/s1. The van der Waals surface area contributed by atoms with Crippen molar-refractivity contribution in [2.45, 2.75) is 110 Å². The topological polar surface area (TPSA) is 44.8 Å². The highest BCUT2D eigenvalue weighted by Gasteiger charge is 2.42. The van der Waals surface area contributed by atoms with E-state index in [-0.39, 0.29) is 23.2 Å². The molecule has 6 atom stereocenters. The van der Waals surface area contributed by atoms with Gasteiger partial charge in [-0.15, -0.1) is 0 Å². The van der Waals surface area contributed by atoms with Gasteiger partial charge >= 0.3 is 5.97 Å². The molecule has 192 valence electrons. The van der Waals surface area contributed by atoms with Crippen LogP contribution < -0.4 is 0 Å². The van der Waals surface area contributed by atoms with Crippen molar-refractivity contribution in [2.24, 2.45) is 23.7 Å². The summed E-state index contributed by atoms with van der Waals surface area (Å²) in [6.07, 6.45) is 12.4. The molecule has 0 bridgehead atoms. The summed E-state index contributed by atoms with van der Waals surface area (Å²) in [6, 6.07) is 0. The molecule has 1 saturated heterocycles. The molecule has 0 aromatic heterocycles. The predicted octanol–water partition coefficient (Wildman–Crippen LogP) is 7.61. The monoisotopic (exact) mass is 504 g/mol. The summed E-state index contributed by atoms with van der Waals surface area (Å²) in [5, 5.41) is 0.133. The minimum atomic E-state index is -1.92. The molecule has 3 rings (SSSR count). The molecule has 0 aromatic rings. The third-order valence-corrected chi connectivity index (χ3v) is 13.4. The van der Waals surface area contributed by atoms with Crippen LogP contribution in [0.2, 0.25) is 37.8 Å². The smallest absolute Gasteiger partial charge is 0.308 e. The van der Waals surface area contributed by atoms with Crippen molar-refractivity contribution in [1.82, 2.24) is 0 Å². The van der Waals surface area contributed by atoms with Crippen LogP contribution in [-0.4, -0.2) is 34.8 Å². The SMILES string of the molecule is C[C@H]1C=C2C=C[C@H](C)[C@H](CC[C@@H]3C[C@@H](O[Si](C)(C)C(C)(C)C)CC(=O)O3)[C@H]2C(O[Si](C)(C)C)=C1. The molecule has 0 spiro atoms. The summed E-state index contributed by atoms with van der Waals surface area (Å²) < 4.78 is 19.1. The van der Waals surface area contributed by atoms with Gasteiger partial charge in [0.15, 0.2) is 8.32 Å². The summed E-state index contributed by atoms with van der Waals surface area (Å²) in [4.78, 5) is 12.5. The van der Waals surface area contributed by atoms with Crippen LogP contribution in [0.4, 0.5) is 0 Å². The van der Waals surface area contributed by atoms with Crippen LogP contribution in [0, 0.1) is 23.7 Å². The van der Waals surface area contributed by atoms with Crippen LogP contribution in [0.3, 0.4) is 0 Å². The van der Waals surface area contributed by atoms with E-state index in [1.807, 2.05) is 0 Å². The Bertz CT molecular complexity index is 843. The third kappa shape index (κ3) is 6.76. The average molecular weight is 505 g/mol. The molecule has 0 saturated carbocycles. The van der Waals surface area contributed by atoms with Gasteiger partial charge in [0.1, 0.15) is 6.10 Å². The van der Waals surface area contributed by atoms with Gasteiger partial charge in [-0.2, -0.15) is 0 Å². The summed E-state index contributed by atoms with van der Waals surface area (Å²) in [7, 11) is -3.64. The van der Waals surface area contributed by atoms with Gasteiger partial charge in [-0.3, -0.25) is 4.79 Å². The average Bonchev–Trinajstić information content (AvgIpc) is 2.64. The Morgan fingerprint density at radius 2 is 1.74 bits per heavy atom. The number of ether oxygens (including phenoxy) is 1. The normalized spacial score (nSPS) is 32.5. The zero-order chi connectivity index (χ0) is 25.5. The largest absolute Gasteiger partial charge is 0.547 e. The van der Waals surface area contributed by atoms with Gasteiger partial charge < -0.3 is 13.6 Å². The minimum absolute atomic E-state index is 0.0208. The summed E-state index contributed by atoms with van der Waals surface area (Å²) >= 11 is 0. The van der Waals surface area contributed by atoms with Crippen LogP contribution in [0.5, 0.6) is 0 Å². The van der Waals surface area contributed by atoms with Gasteiger partial charge in [-0.05, 0) is 80.0 Å². The third-order valence-electron chi connectivity index (χ3n) is 7.98. The fraction of sp³-hybridized carbons (Fsp3) is 0.750. The van der Waals surface area contributed by atoms with Gasteiger partial charge in [0.25, 0.3) is 0 Å². The number of rotatable bonds is 7. The first-order valence-corrected chi connectivity index (χ1v) is 19.6. The Kier molecular flexibility index (Phi) is 8.16. The fourth-order valence-corrected chi connectivity index (χ4v) is 7.54. The van der Waals surface area contributed by atoms with E-state index in [1.54, 1.807) is 0 Å². The van der Waals surface area contributed by atoms with Crippen molar-refractivity contribution < 1.29 is 18.4 Å². The van der Waals surface area contributed by atoms with Crippen molar-refractivity contribution >= 4 is 22.6 Å². The highest BCUT2D eigenvalue weighted by atomic mass is 28.4. The van der Waals surface area contributed by atoms with Gasteiger partial charge in [-0.1, -0.05) is 52.8 Å². The van der Waals surface area contributed by atoms with E-state index < -0.39 is 16.6 Å². The minimum Gasteiger partial charge on any atom is -0.547 e. The lowest BCUT2D eigenvalue weighted by Crippen LogP contribution is -2.47. The molecule has 0 amide bonds. The molecule has 2 aliphatic carbocycles. The molecule has 4 nitrogen and oxygen atoms in total. The van der Waals surface area contributed by atoms with Gasteiger partial charge in [0, 0.05) is 12.3 Å². The Morgan fingerprint density at radius 3 is 2.35 bits per heavy atom. The maximum Gasteiger partial charge on any atom is 0.308 e. The highest BCUT2D eigenvalue weighted by molar-refractivity contribution is 6.74. The number of hydrogen-bond acceptors (Lipinski definition) is 4. The molecule has 34 heavy (non-hydrogen) atoms. The molecule has 3 aliphatic rings. The molecule has 1 aliphatic heterocycles. The van der Waals surface area contributed by atoms with E-state index in [0.29, 0.717) is 30.1 Å². The lowest BCUT2D eigenvalue weighted by atomic mass is 9.68. The number of carbonyl (C=O) groups is 1. The first-order valence-electron chi connectivity index (χ1n) is 13.2. The first kappa shape index (κ1) is 27.5. The lowest BCUT2D eigenvalue weighted by molar-refractivity contribution is -0.160. The van der Waals surface area contributed by atoms with Crippen LogP contribution in [0.25, 0.3) is 0 Å². The van der Waals surface area contributed by atoms with E-state index in [4.69, 9.17) is 13.6 Å². The number of allylic oxidation sites excluding steroid dienone is 5. The van der Waals surface area contributed by atoms with Crippen molar-refractivity contribution in [3.63, 3.8) is 0 Å². The van der Waals surface area contributed by atoms with Gasteiger partial charge in [-0.25, -0.2) is 0 Å². The Labute approximate surface area is 210 Å². The number of hydrogen-bond donors (Lipinski definition) is 0. The molecule has 0 radical (unpaired) electrons. The van der Waals surface area contributed by atoms with Crippen molar-refractivity contribution in [1.29, 1.82) is 0 Å². The van der Waals surface area contributed by atoms with Gasteiger partial charge in [0.2, 0.25) is 8.32 Å². The van der Waals surface area contributed by atoms with Crippen molar-refractivity contribution in [2.75, 3.05) is 0 Å². The first-order chi connectivity index (χ1) is 15.6. The van der Waals surface area contributed by atoms with Crippen LogP contribution in [0.15, 0.2) is 35.6 Å². The predicted molar refractivity (Wildman–Crippen MR) is 145 cm³/mol. The summed E-state index contributed by atoms with van der Waals surface area (Å²) in [6.45, 7) is 22.6. The van der Waals surface area contributed by atoms with E-state index in [0.717, 1.165) is 19.3 Å². The van der Waals surface area contributed by atoms with Crippen molar-refractivity contribution in [3.05, 3.63) is 35.6 Å². The van der Waals surface area contributed by atoms with E-state index in [1.165, 1.54) is 11.3 Å². The molecular weight excluding hydrogens is 456 g/mol. The molecule has 0 unspecified atom stereocenters. The molecule has 0 aromatic carbocycles. The molecule has 6 heteroatoms. The number of fused-ring (bicyclic) bond motifs is 1. The highest BCUT2D eigenvalue weighted by Crippen LogP contribution is 2.46. The number of cyclic esters (lactones) is 1. The Hall–Kier alpha value is -1.12. The summed E-state index contributed by atoms with van der Waals surface area (Å²) in [5.74, 6) is 2.68. The maximum absolute atomic E-state index is 12.5. The lowest BCUT2D eigenvalue weighted by Gasteiger charge is -2.42. The Morgan fingerprint density at radius 1 is 1.06 bits per heavy atom. The molecule has 1 fully saturated rings. The van der Waals surface area contributed by atoms with Crippen molar-refractivity contribution in [3.8, 4) is 0 Å². The zero-order valence-electron chi connectivity index (χ0n) is 23.2. The number of carbonyl (C=O) groups excluding carboxylic acids is 1. The number of esters is 1. The maximum atomic E-state index is 12.5. The van der Waals surface area contributed by atoms with E-state index >= 15 is 0 Å². The molecule has 1 heterocycles. The van der Waals surface area contributed by atoms with Crippen LogP contribution in [0.1, 0.15) is 60.3 Å². The fourth-order valence-electron chi connectivity index (χ4n) is 5.27. The second-order valence-electron chi connectivity index (χ2n) is 13.3. The van der Waals surface area contributed by atoms with Crippen LogP contribution >= 0.6 is 0 Å². The quantitative estimate of drug-likeness (QED) is 0.264. The van der Waals surface area contributed by atoms with E-state index in [2.05, 4.69) is 91.7 Å². The second kappa shape index (κ2) is 10.1.